The smallest absolute Gasteiger partial charge is 0.0693 e. The molecule has 0 aliphatic heterocycles. The summed E-state index contributed by atoms with van der Waals surface area (Å²) in [5, 5.41) is 9.47. The van der Waals surface area contributed by atoms with Gasteiger partial charge in [-0.15, -0.1) is 6.58 Å². The number of aryl methyl sites for hydroxylation is 1. The molecule has 0 aromatic heterocycles. The van der Waals surface area contributed by atoms with Gasteiger partial charge >= 0.3 is 0 Å². The molecule has 0 amide bonds. The van der Waals surface area contributed by atoms with E-state index in [1.54, 1.807) is 6.08 Å². The Morgan fingerprint density at radius 3 is 2.60 bits per heavy atom. The highest BCUT2D eigenvalue weighted by atomic mass is 32.2. The SMILES string of the molecule is C=CC[C@H](O)C[S@@](=O)c1ccc(C)cc1. The Morgan fingerprint density at radius 2 is 2.07 bits per heavy atom. The zero-order chi connectivity index (χ0) is 11.3. The Morgan fingerprint density at radius 1 is 1.47 bits per heavy atom. The second-order valence-corrected chi connectivity index (χ2v) is 5.00. The van der Waals surface area contributed by atoms with Gasteiger partial charge in [0.15, 0.2) is 0 Å². The van der Waals surface area contributed by atoms with Crippen LogP contribution in [0.25, 0.3) is 0 Å². The van der Waals surface area contributed by atoms with Crippen LogP contribution in [0, 0.1) is 6.92 Å². The van der Waals surface area contributed by atoms with Crippen LogP contribution in [0.1, 0.15) is 12.0 Å². The molecular weight excluding hydrogens is 208 g/mol. The first kappa shape index (κ1) is 12.1. The third-order valence-corrected chi connectivity index (χ3v) is 3.55. The number of aliphatic hydroxyl groups excluding tert-OH is 1. The highest BCUT2D eigenvalue weighted by molar-refractivity contribution is 7.85. The first-order valence-corrected chi connectivity index (χ1v) is 6.19. The molecule has 0 aliphatic carbocycles. The Bertz CT molecular complexity index is 343. The van der Waals surface area contributed by atoms with Crippen molar-refractivity contribution in [1.29, 1.82) is 0 Å². The molecule has 0 unspecified atom stereocenters. The minimum atomic E-state index is -1.12. The summed E-state index contributed by atoms with van der Waals surface area (Å²) in [5.41, 5.74) is 1.14. The Labute approximate surface area is 93.1 Å². The van der Waals surface area contributed by atoms with E-state index in [1.807, 2.05) is 31.2 Å². The van der Waals surface area contributed by atoms with E-state index >= 15 is 0 Å². The molecule has 1 aromatic rings. The first-order chi connectivity index (χ1) is 7.13. The fraction of sp³-hybridized carbons (Fsp3) is 0.333. The molecule has 15 heavy (non-hydrogen) atoms. The van der Waals surface area contributed by atoms with Crippen molar-refractivity contribution in [3.8, 4) is 0 Å². The van der Waals surface area contributed by atoms with Gasteiger partial charge in [-0.25, -0.2) is 0 Å². The lowest BCUT2D eigenvalue weighted by atomic mass is 10.2. The third-order valence-electron chi connectivity index (χ3n) is 2.07. The quantitative estimate of drug-likeness (QED) is 0.777. The average molecular weight is 224 g/mol. The predicted molar refractivity (Wildman–Crippen MR) is 63.3 cm³/mol. The number of hydrogen-bond donors (Lipinski definition) is 1. The van der Waals surface area contributed by atoms with E-state index in [2.05, 4.69) is 6.58 Å². The molecule has 0 heterocycles. The lowest BCUT2D eigenvalue weighted by molar-refractivity contribution is 0.202. The van der Waals surface area contributed by atoms with Crippen molar-refractivity contribution in [3.05, 3.63) is 42.5 Å². The molecule has 0 saturated heterocycles. The molecule has 1 N–H and O–H groups in total. The number of hydrogen-bond acceptors (Lipinski definition) is 2. The summed E-state index contributed by atoms with van der Waals surface area (Å²) in [6.07, 6.45) is 1.55. The van der Waals surface area contributed by atoms with Gasteiger partial charge in [0.1, 0.15) is 0 Å². The van der Waals surface area contributed by atoms with Crippen LogP contribution in [0.5, 0.6) is 0 Å². The highest BCUT2D eigenvalue weighted by Crippen LogP contribution is 2.10. The molecule has 82 valence electrons. The molecule has 0 saturated carbocycles. The Balaban J connectivity index is 2.61. The molecular formula is C12H16O2S. The van der Waals surface area contributed by atoms with Gasteiger partial charge in [-0.3, -0.25) is 4.21 Å². The lowest BCUT2D eigenvalue weighted by Gasteiger charge is -2.07. The van der Waals surface area contributed by atoms with Crippen molar-refractivity contribution in [2.45, 2.75) is 24.3 Å². The number of rotatable bonds is 5. The van der Waals surface area contributed by atoms with Crippen LogP contribution < -0.4 is 0 Å². The van der Waals surface area contributed by atoms with Gasteiger partial charge in [0, 0.05) is 4.90 Å². The van der Waals surface area contributed by atoms with Gasteiger partial charge in [0.2, 0.25) is 0 Å². The maximum atomic E-state index is 11.8. The summed E-state index contributed by atoms with van der Waals surface area (Å²) < 4.78 is 11.8. The summed E-state index contributed by atoms with van der Waals surface area (Å²) in [6, 6.07) is 7.53. The van der Waals surface area contributed by atoms with Crippen molar-refractivity contribution in [1.82, 2.24) is 0 Å². The molecule has 1 aromatic carbocycles. The molecule has 2 atom stereocenters. The summed E-state index contributed by atoms with van der Waals surface area (Å²) >= 11 is 0. The second-order valence-electron chi connectivity index (χ2n) is 3.50. The second kappa shape index (κ2) is 5.83. The van der Waals surface area contributed by atoms with Gasteiger partial charge in [-0.05, 0) is 25.5 Å². The topological polar surface area (TPSA) is 37.3 Å². The summed E-state index contributed by atoms with van der Waals surface area (Å²) in [4.78, 5) is 0.767. The summed E-state index contributed by atoms with van der Waals surface area (Å²) in [6.45, 7) is 5.52. The van der Waals surface area contributed by atoms with Crippen molar-refractivity contribution in [2.24, 2.45) is 0 Å². The van der Waals surface area contributed by atoms with Crippen LogP contribution >= 0.6 is 0 Å². The monoisotopic (exact) mass is 224 g/mol. The van der Waals surface area contributed by atoms with E-state index in [9.17, 15) is 9.32 Å². The van der Waals surface area contributed by atoms with Gasteiger partial charge in [0.25, 0.3) is 0 Å². The van der Waals surface area contributed by atoms with E-state index in [-0.39, 0.29) is 5.75 Å². The van der Waals surface area contributed by atoms with E-state index in [4.69, 9.17) is 0 Å². The molecule has 0 radical (unpaired) electrons. The molecule has 0 fully saturated rings. The maximum Gasteiger partial charge on any atom is 0.0693 e. The van der Waals surface area contributed by atoms with Gasteiger partial charge in [0.05, 0.1) is 22.7 Å². The molecule has 0 aliphatic rings. The standard InChI is InChI=1S/C12H16O2S/c1-3-4-11(13)9-15(14)12-7-5-10(2)6-8-12/h3,5-8,11,13H,1,4,9H2,2H3/t11-,15+/m0/s1. The van der Waals surface area contributed by atoms with Crippen molar-refractivity contribution >= 4 is 10.8 Å². The van der Waals surface area contributed by atoms with E-state index in [1.165, 1.54) is 0 Å². The minimum absolute atomic E-state index is 0.273. The van der Waals surface area contributed by atoms with E-state index in [0.29, 0.717) is 6.42 Å². The lowest BCUT2D eigenvalue weighted by Crippen LogP contribution is -2.15. The average Bonchev–Trinajstić information content (AvgIpc) is 2.18. The third kappa shape index (κ3) is 3.98. The predicted octanol–water partition coefficient (Wildman–Crippen LogP) is 2.04. The Kier molecular flexibility index (Phi) is 4.72. The molecule has 3 heteroatoms. The number of aliphatic hydroxyl groups is 1. The summed E-state index contributed by atoms with van der Waals surface area (Å²) in [5.74, 6) is 0.273. The molecule has 0 spiro atoms. The largest absolute Gasteiger partial charge is 0.392 e. The normalized spacial score (nSPS) is 14.5. The van der Waals surface area contributed by atoms with Crippen LogP contribution in [-0.4, -0.2) is 21.2 Å². The van der Waals surface area contributed by atoms with Crippen molar-refractivity contribution in [3.63, 3.8) is 0 Å². The van der Waals surface area contributed by atoms with Gasteiger partial charge in [-0.1, -0.05) is 23.8 Å². The maximum absolute atomic E-state index is 11.8. The Hall–Kier alpha value is -0.930. The van der Waals surface area contributed by atoms with Crippen LogP contribution in [0.4, 0.5) is 0 Å². The van der Waals surface area contributed by atoms with Gasteiger partial charge in [-0.2, -0.15) is 0 Å². The first-order valence-electron chi connectivity index (χ1n) is 4.87. The highest BCUT2D eigenvalue weighted by Gasteiger charge is 2.09. The minimum Gasteiger partial charge on any atom is -0.392 e. The fourth-order valence-corrected chi connectivity index (χ4v) is 2.34. The zero-order valence-corrected chi connectivity index (χ0v) is 9.67. The van der Waals surface area contributed by atoms with E-state index < -0.39 is 16.9 Å². The van der Waals surface area contributed by atoms with Crippen LogP contribution in [0.2, 0.25) is 0 Å². The molecule has 1 rings (SSSR count). The zero-order valence-electron chi connectivity index (χ0n) is 8.85. The van der Waals surface area contributed by atoms with Crippen LogP contribution in [0.15, 0.2) is 41.8 Å². The molecule has 0 bridgehead atoms. The van der Waals surface area contributed by atoms with Gasteiger partial charge < -0.3 is 5.11 Å². The fourth-order valence-electron chi connectivity index (χ4n) is 1.22. The number of benzene rings is 1. The molecule has 2 nitrogen and oxygen atoms in total. The van der Waals surface area contributed by atoms with Crippen LogP contribution in [-0.2, 0) is 10.8 Å². The van der Waals surface area contributed by atoms with Crippen LogP contribution in [0.3, 0.4) is 0 Å². The summed E-state index contributed by atoms with van der Waals surface area (Å²) in [7, 11) is -1.12. The van der Waals surface area contributed by atoms with E-state index in [0.717, 1.165) is 10.5 Å². The van der Waals surface area contributed by atoms with Crippen molar-refractivity contribution < 1.29 is 9.32 Å². The van der Waals surface area contributed by atoms with Crippen molar-refractivity contribution in [2.75, 3.05) is 5.75 Å².